The first-order valence-electron chi connectivity index (χ1n) is 5.15. The normalized spacial score (nSPS) is 20.4. The fraction of sp³-hybridized carbons (Fsp3) is 0.600. The third-order valence-electron chi connectivity index (χ3n) is 2.40. The Kier molecular flexibility index (Phi) is 3.69. The summed E-state index contributed by atoms with van der Waals surface area (Å²) in [4.78, 5) is 15.5. The second kappa shape index (κ2) is 5.23. The van der Waals surface area contributed by atoms with E-state index >= 15 is 0 Å². The number of thiazole rings is 1. The number of carbonyl (C=O) groups is 1. The minimum absolute atomic E-state index is 0.0282. The molecule has 0 aliphatic carbocycles. The number of amides is 1. The highest BCUT2D eigenvalue weighted by Crippen LogP contribution is 2.17. The molecular weight excluding hydrogens is 212 g/mol. The molecule has 1 aliphatic heterocycles. The fourth-order valence-corrected chi connectivity index (χ4v) is 2.18. The summed E-state index contributed by atoms with van der Waals surface area (Å²) in [5, 5.41) is 5.28. The minimum atomic E-state index is 0.0282. The van der Waals surface area contributed by atoms with Gasteiger partial charge in [-0.05, 0) is 19.3 Å². The van der Waals surface area contributed by atoms with Crippen LogP contribution in [0.4, 0.5) is 5.13 Å². The zero-order chi connectivity index (χ0) is 10.5. The van der Waals surface area contributed by atoms with Crippen molar-refractivity contribution >= 4 is 22.4 Å². The van der Waals surface area contributed by atoms with Crippen LogP contribution >= 0.6 is 11.3 Å². The second-order valence-corrected chi connectivity index (χ2v) is 4.45. The number of aromatic nitrogens is 1. The number of anilines is 1. The molecule has 0 aromatic carbocycles. The molecule has 1 aliphatic rings. The van der Waals surface area contributed by atoms with Gasteiger partial charge in [0.1, 0.15) is 0 Å². The molecular formula is C10H14N2O2S. The third-order valence-corrected chi connectivity index (χ3v) is 3.08. The molecule has 1 fully saturated rings. The van der Waals surface area contributed by atoms with Crippen molar-refractivity contribution in [2.24, 2.45) is 0 Å². The van der Waals surface area contributed by atoms with Gasteiger partial charge < -0.3 is 10.1 Å². The molecule has 5 heteroatoms. The van der Waals surface area contributed by atoms with E-state index in [0.29, 0.717) is 11.6 Å². The van der Waals surface area contributed by atoms with Gasteiger partial charge in [0.05, 0.1) is 6.10 Å². The van der Waals surface area contributed by atoms with E-state index in [1.54, 1.807) is 6.20 Å². The van der Waals surface area contributed by atoms with Crippen molar-refractivity contribution < 1.29 is 9.53 Å². The number of nitrogens with zero attached hydrogens (tertiary/aromatic N) is 1. The molecule has 0 radical (unpaired) electrons. The fourth-order valence-electron chi connectivity index (χ4n) is 1.63. The smallest absolute Gasteiger partial charge is 0.226 e. The molecule has 82 valence electrons. The highest BCUT2D eigenvalue weighted by Gasteiger charge is 2.16. The summed E-state index contributed by atoms with van der Waals surface area (Å²) in [7, 11) is 0. The first-order chi connectivity index (χ1) is 7.34. The van der Waals surface area contributed by atoms with E-state index in [1.165, 1.54) is 11.3 Å². The maximum atomic E-state index is 11.5. The molecule has 15 heavy (non-hydrogen) atoms. The molecule has 0 spiro atoms. The molecule has 2 rings (SSSR count). The Morgan fingerprint density at radius 3 is 3.33 bits per heavy atom. The van der Waals surface area contributed by atoms with E-state index in [2.05, 4.69) is 10.3 Å². The Bertz CT molecular complexity index is 307. The van der Waals surface area contributed by atoms with Gasteiger partial charge >= 0.3 is 0 Å². The molecule has 4 nitrogen and oxygen atoms in total. The Morgan fingerprint density at radius 1 is 1.73 bits per heavy atom. The summed E-state index contributed by atoms with van der Waals surface area (Å²) in [6.45, 7) is 0.846. The standard InChI is InChI=1S/C10H14N2O2S/c13-9(12-10-11-5-7-15-10)4-3-8-2-1-6-14-8/h5,7-8H,1-4,6H2,(H,11,12,13)/t8-/m1/s1. The van der Waals surface area contributed by atoms with Crippen LogP contribution in [0.5, 0.6) is 0 Å². The van der Waals surface area contributed by atoms with E-state index in [-0.39, 0.29) is 12.0 Å². The lowest BCUT2D eigenvalue weighted by atomic mass is 10.1. The van der Waals surface area contributed by atoms with Gasteiger partial charge in [0.15, 0.2) is 5.13 Å². The van der Waals surface area contributed by atoms with Crippen LogP contribution in [-0.2, 0) is 9.53 Å². The van der Waals surface area contributed by atoms with Gasteiger partial charge in [-0.15, -0.1) is 11.3 Å². The zero-order valence-corrected chi connectivity index (χ0v) is 9.26. The highest BCUT2D eigenvalue weighted by molar-refractivity contribution is 7.13. The molecule has 1 N–H and O–H groups in total. The lowest BCUT2D eigenvalue weighted by Gasteiger charge is -2.07. The molecule has 1 saturated heterocycles. The van der Waals surface area contributed by atoms with Crippen LogP contribution in [0.15, 0.2) is 11.6 Å². The molecule has 1 amide bonds. The number of hydrogen-bond donors (Lipinski definition) is 1. The van der Waals surface area contributed by atoms with Gasteiger partial charge in [-0.25, -0.2) is 4.98 Å². The van der Waals surface area contributed by atoms with Crippen molar-refractivity contribution in [2.75, 3.05) is 11.9 Å². The number of rotatable bonds is 4. The van der Waals surface area contributed by atoms with Crippen molar-refractivity contribution in [1.82, 2.24) is 4.98 Å². The van der Waals surface area contributed by atoms with Crippen molar-refractivity contribution in [3.8, 4) is 0 Å². The maximum Gasteiger partial charge on any atom is 0.226 e. The summed E-state index contributed by atoms with van der Waals surface area (Å²) in [6.07, 6.45) is 5.51. The van der Waals surface area contributed by atoms with Crippen LogP contribution in [0.1, 0.15) is 25.7 Å². The predicted molar refractivity (Wildman–Crippen MR) is 59.0 cm³/mol. The van der Waals surface area contributed by atoms with Crippen molar-refractivity contribution in [3.05, 3.63) is 11.6 Å². The maximum absolute atomic E-state index is 11.5. The first kappa shape index (κ1) is 10.6. The molecule has 0 saturated carbocycles. The summed E-state index contributed by atoms with van der Waals surface area (Å²) in [6, 6.07) is 0. The van der Waals surface area contributed by atoms with Crippen molar-refractivity contribution in [1.29, 1.82) is 0 Å². The average molecular weight is 226 g/mol. The average Bonchev–Trinajstić information content (AvgIpc) is 2.86. The lowest BCUT2D eigenvalue weighted by molar-refractivity contribution is -0.116. The Morgan fingerprint density at radius 2 is 2.67 bits per heavy atom. The number of ether oxygens (including phenoxy) is 1. The largest absolute Gasteiger partial charge is 0.378 e. The number of hydrogen-bond acceptors (Lipinski definition) is 4. The minimum Gasteiger partial charge on any atom is -0.378 e. The number of nitrogens with one attached hydrogen (secondary N) is 1. The van der Waals surface area contributed by atoms with Crippen LogP contribution in [-0.4, -0.2) is 23.6 Å². The van der Waals surface area contributed by atoms with Gasteiger partial charge in [0, 0.05) is 24.6 Å². The van der Waals surface area contributed by atoms with E-state index in [1.807, 2.05) is 5.38 Å². The summed E-state index contributed by atoms with van der Waals surface area (Å²) >= 11 is 1.44. The van der Waals surface area contributed by atoms with Crippen LogP contribution in [0.3, 0.4) is 0 Å². The quantitative estimate of drug-likeness (QED) is 0.854. The Hall–Kier alpha value is -0.940. The lowest BCUT2D eigenvalue weighted by Crippen LogP contribution is -2.15. The monoisotopic (exact) mass is 226 g/mol. The second-order valence-electron chi connectivity index (χ2n) is 3.56. The molecule has 0 bridgehead atoms. The SMILES string of the molecule is O=C(CC[C@H]1CCCO1)Nc1nccs1. The van der Waals surface area contributed by atoms with E-state index in [9.17, 15) is 4.79 Å². The predicted octanol–water partition coefficient (Wildman–Crippen LogP) is 2.04. The molecule has 0 unspecified atom stereocenters. The van der Waals surface area contributed by atoms with Crippen LogP contribution in [0.2, 0.25) is 0 Å². The van der Waals surface area contributed by atoms with Gasteiger partial charge in [0.2, 0.25) is 5.91 Å². The Balaban J connectivity index is 1.68. The first-order valence-corrected chi connectivity index (χ1v) is 6.03. The Labute approximate surface area is 92.7 Å². The van der Waals surface area contributed by atoms with Gasteiger partial charge in [-0.2, -0.15) is 0 Å². The van der Waals surface area contributed by atoms with Gasteiger partial charge in [0.25, 0.3) is 0 Å². The highest BCUT2D eigenvalue weighted by atomic mass is 32.1. The van der Waals surface area contributed by atoms with Crippen LogP contribution < -0.4 is 5.32 Å². The van der Waals surface area contributed by atoms with E-state index < -0.39 is 0 Å². The summed E-state index contributed by atoms with van der Waals surface area (Å²) in [5.41, 5.74) is 0. The van der Waals surface area contributed by atoms with Gasteiger partial charge in [-0.1, -0.05) is 0 Å². The van der Waals surface area contributed by atoms with E-state index in [0.717, 1.165) is 25.9 Å². The number of carbonyl (C=O) groups excluding carboxylic acids is 1. The third kappa shape index (κ3) is 3.28. The molecule has 1 aromatic rings. The van der Waals surface area contributed by atoms with Crippen molar-refractivity contribution in [3.63, 3.8) is 0 Å². The zero-order valence-electron chi connectivity index (χ0n) is 8.44. The molecule has 2 heterocycles. The topological polar surface area (TPSA) is 51.2 Å². The van der Waals surface area contributed by atoms with Gasteiger partial charge in [-0.3, -0.25) is 4.79 Å². The van der Waals surface area contributed by atoms with Crippen molar-refractivity contribution in [2.45, 2.75) is 31.8 Å². The van der Waals surface area contributed by atoms with Crippen LogP contribution in [0, 0.1) is 0 Å². The summed E-state index contributed by atoms with van der Waals surface area (Å²) < 4.78 is 5.45. The summed E-state index contributed by atoms with van der Waals surface area (Å²) in [5.74, 6) is 0.0282. The molecule has 1 aromatic heterocycles. The molecule has 1 atom stereocenters. The van der Waals surface area contributed by atoms with Crippen LogP contribution in [0.25, 0.3) is 0 Å². The van der Waals surface area contributed by atoms with E-state index in [4.69, 9.17) is 4.74 Å².